The Hall–Kier alpha value is -0.230. The van der Waals surface area contributed by atoms with Gasteiger partial charge in [0.2, 0.25) is 0 Å². The second kappa shape index (κ2) is 5.40. The molecule has 3 nitrogen and oxygen atoms in total. The number of likely N-dealkylation sites (tertiary alicyclic amines) is 1. The van der Waals surface area contributed by atoms with E-state index in [0.717, 1.165) is 34.6 Å². The number of rotatable bonds is 3. The molecule has 2 heterocycles. The Kier molecular flexibility index (Phi) is 4.13. The van der Waals surface area contributed by atoms with E-state index < -0.39 is 0 Å². The SMILES string of the molecule is O=C(CN1CCC(O)CC1)c1ccc(Br)s1. The second-order valence-corrected chi connectivity index (χ2v) is 6.50. The van der Waals surface area contributed by atoms with E-state index in [0.29, 0.717) is 6.54 Å². The lowest BCUT2D eigenvalue weighted by Gasteiger charge is -2.28. The molecule has 0 atom stereocenters. The minimum atomic E-state index is -0.178. The molecule has 1 saturated heterocycles. The first-order valence-corrected chi connectivity index (χ1v) is 6.95. The molecular weight excluding hydrogens is 290 g/mol. The number of piperidine rings is 1. The number of thiophene rings is 1. The summed E-state index contributed by atoms with van der Waals surface area (Å²) < 4.78 is 0.991. The Labute approximate surface area is 107 Å². The average Bonchev–Trinajstić information content (AvgIpc) is 2.68. The summed E-state index contributed by atoms with van der Waals surface area (Å²) in [7, 11) is 0. The summed E-state index contributed by atoms with van der Waals surface area (Å²) in [6.45, 7) is 2.11. The Balaban J connectivity index is 1.88. The van der Waals surface area contributed by atoms with Crippen molar-refractivity contribution in [2.75, 3.05) is 19.6 Å². The Morgan fingerprint density at radius 3 is 2.75 bits per heavy atom. The molecule has 88 valence electrons. The van der Waals surface area contributed by atoms with E-state index in [1.807, 2.05) is 12.1 Å². The van der Waals surface area contributed by atoms with Gasteiger partial charge in [-0.05, 0) is 40.9 Å². The van der Waals surface area contributed by atoms with Gasteiger partial charge in [-0.3, -0.25) is 9.69 Å². The van der Waals surface area contributed by atoms with Crippen LogP contribution in [0.4, 0.5) is 0 Å². The van der Waals surface area contributed by atoms with Gasteiger partial charge in [-0.15, -0.1) is 11.3 Å². The van der Waals surface area contributed by atoms with E-state index in [-0.39, 0.29) is 11.9 Å². The van der Waals surface area contributed by atoms with Crippen molar-refractivity contribution < 1.29 is 9.90 Å². The van der Waals surface area contributed by atoms with Crippen LogP contribution in [0, 0.1) is 0 Å². The second-order valence-electron chi connectivity index (χ2n) is 4.03. The van der Waals surface area contributed by atoms with E-state index in [1.165, 1.54) is 11.3 Å². The van der Waals surface area contributed by atoms with Crippen LogP contribution in [-0.2, 0) is 0 Å². The molecule has 16 heavy (non-hydrogen) atoms. The first-order chi connectivity index (χ1) is 7.65. The molecule has 0 aliphatic carbocycles. The van der Waals surface area contributed by atoms with Gasteiger partial charge in [-0.25, -0.2) is 0 Å². The van der Waals surface area contributed by atoms with Crippen molar-refractivity contribution in [1.29, 1.82) is 0 Å². The zero-order valence-corrected chi connectivity index (χ0v) is 11.3. The van der Waals surface area contributed by atoms with Crippen molar-refractivity contribution in [3.8, 4) is 0 Å². The molecule has 1 aromatic rings. The predicted octanol–water partition coefficient (Wildman–Crippen LogP) is 2.15. The minimum absolute atomic E-state index is 0.173. The minimum Gasteiger partial charge on any atom is -0.393 e. The van der Waals surface area contributed by atoms with Gasteiger partial charge in [0.25, 0.3) is 0 Å². The molecule has 0 radical (unpaired) electrons. The summed E-state index contributed by atoms with van der Waals surface area (Å²) >= 11 is 4.83. The average molecular weight is 304 g/mol. The van der Waals surface area contributed by atoms with E-state index in [1.54, 1.807) is 0 Å². The molecule has 1 aliphatic rings. The number of hydrogen-bond acceptors (Lipinski definition) is 4. The van der Waals surface area contributed by atoms with Gasteiger partial charge in [-0.1, -0.05) is 0 Å². The molecule has 0 bridgehead atoms. The molecule has 0 spiro atoms. The van der Waals surface area contributed by atoms with Gasteiger partial charge in [0.1, 0.15) is 0 Å². The van der Waals surface area contributed by atoms with Crippen molar-refractivity contribution in [3.05, 3.63) is 20.8 Å². The highest BCUT2D eigenvalue weighted by atomic mass is 79.9. The number of aliphatic hydroxyl groups excluding tert-OH is 1. The Morgan fingerprint density at radius 2 is 2.19 bits per heavy atom. The summed E-state index contributed by atoms with van der Waals surface area (Å²) in [5, 5.41) is 9.37. The quantitative estimate of drug-likeness (QED) is 0.870. The van der Waals surface area contributed by atoms with Crippen molar-refractivity contribution in [3.63, 3.8) is 0 Å². The number of halogens is 1. The lowest BCUT2D eigenvalue weighted by Crippen LogP contribution is -2.38. The summed E-state index contributed by atoms with van der Waals surface area (Å²) in [5.74, 6) is 0.173. The number of nitrogens with zero attached hydrogens (tertiary/aromatic N) is 1. The number of carbonyl (C=O) groups is 1. The normalized spacial score (nSPS) is 18.9. The lowest BCUT2D eigenvalue weighted by atomic mass is 10.1. The van der Waals surface area contributed by atoms with Crippen LogP contribution in [0.25, 0.3) is 0 Å². The van der Waals surface area contributed by atoms with E-state index in [4.69, 9.17) is 0 Å². The summed E-state index contributed by atoms with van der Waals surface area (Å²) in [6.07, 6.45) is 1.38. The molecule has 0 amide bonds. The molecule has 1 aromatic heterocycles. The van der Waals surface area contributed by atoms with Gasteiger partial charge in [0.05, 0.1) is 21.3 Å². The molecule has 1 N–H and O–H groups in total. The third-order valence-electron chi connectivity index (χ3n) is 2.77. The molecular formula is C11H14BrNO2S. The molecule has 0 unspecified atom stereocenters. The Bertz CT molecular complexity index is 372. The van der Waals surface area contributed by atoms with Crippen molar-refractivity contribution in [1.82, 2.24) is 4.90 Å². The molecule has 1 fully saturated rings. The van der Waals surface area contributed by atoms with Crippen molar-refractivity contribution in [2.45, 2.75) is 18.9 Å². The topological polar surface area (TPSA) is 40.5 Å². The zero-order valence-electron chi connectivity index (χ0n) is 8.86. The van der Waals surface area contributed by atoms with Crippen molar-refractivity contribution >= 4 is 33.0 Å². The van der Waals surface area contributed by atoms with Crippen LogP contribution in [0.5, 0.6) is 0 Å². The van der Waals surface area contributed by atoms with Crippen LogP contribution >= 0.6 is 27.3 Å². The molecule has 2 rings (SSSR count). The smallest absolute Gasteiger partial charge is 0.186 e. The van der Waals surface area contributed by atoms with E-state index in [9.17, 15) is 9.90 Å². The number of aliphatic hydroxyl groups is 1. The highest BCUT2D eigenvalue weighted by molar-refractivity contribution is 9.11. The predicted molar refractivity (Wildman–Crippen MR) is 68.0 cm³/mol. The summed E-state index contributed by atoms with van der Waals surface area (Å²) in [6, 6.07) is 3.76. The van der Waals surface area contributed by atoms with E-state index >= 15 is 0 Å². The van der Waals surface area contributed by atoms with Crippen LogP contribution in [0.1, 0.15) is 22.5 Å². The van der Waals surface area contributed by atoms with Crippen molar-refractivity contribution in [2.24, 2.45) is 0 Å². The third kappa shape index (κ3) is 3.13. The highest BCUT2D eigenvalue weighted by Gasteiger charge is 2.20. The molecule has 0 saturated carbocycles. The van der Waals surface area contributed by atoms with Crippen LogP contribution in [-0.4, -0.2) is 41.5 Å². The maximum atomic E-state index is 11.9. The summed E-state index contributed by atoms with van der Waals surface area (Å²) in [4.78, 5) is 14.8. The fourth-order valence-corrected chi connectivity index (χ4v) is 3.14. The van der Waals surface area contributed by atoms with Gasteiger partial charge in [-0.2, -0.15) is 0 Å². The molecule has 5 heteroatoms. The van der Waals surface area contributed by atoms with Crippen LogP contribution in [0.2, 0.25) is 0 Å². The number of carbonyl (C=O) groups excluding carboxylic acids is 1. The lowest BCUT2D eigenvalue weighted by molar-refractivity contribution is 0.0713. The van der Waals surface area contributed by atoms with E-state index in [2.05, 4.69) is 20.8 Å². The number of hydrogen-bond donors (Lipinski definition) is 1. The van der Waals surface area contributed by atoms with Gasteiger partial charge < -0.3 is 5.11 Å². The standard InChI is InChI=1S/C11H14BrNO2S/c12-11-2-1-10(16-11)9(15)7-13-5-3-8(14)4-6-13/h1-2,8,14H,3-7H2. The summed E-state index contributed by atoms with van der Waals surface area (Å²) in [5.41, 5.74) is 0. The number of ketones is 1. The maximum absolute atomic E-state index is 11.9. The molecule has 0 aromatic carbocycles. The van der Waals surface area contributed by atoms with Gasteiger partial charge in [0.15, 0.2) is 5.78 Å². The highest BCUT2D eigenvalue weighted by Crippen LogP contribution is 2.23. The first kappa shape index (κ1) is 12.2. The Morgan fingerprint density at radius 1 is 1.50 bits per heavy atom. The van der Waals surface area contributed by atoms with Crippen LogP contribution in [0.3, 0.4) is 0 Å². The molecule has 1 aliphatic heterocycles. The van der Waals surface area contributed by atoms with Gasteiger partial charge in [0, 0.05) is 13.1 Å². The van der Waals surface area contributed by atoms with Crippen LogP contribution in [0.15, 0.2) is 15.9 Å². The fraction of sp³-hybridized carbons (Fsp3) is 0.545. The number of Topliss-reactive ketones (excluding diaryl/α,β-unsaturated/α-hetero) is 1. The monoisotopic (exact) mass is 303 g/mol. The largest absolute Gasteiger partial charge is 0.393 e. The fourth-order valence-electron chi connectivity index (χ4n) is 1.82. The van der Waals surface area contributed by atoms with Gasteiger partial charge >= 0.3 is 0 Å². The maximum Gasteiger partial charge on any atom is 0.186 e. The third-order valence-corrected chi connectivity index (χ3v) is 4.44. The first-order valence-electron chi connectivity index (χ1n) is 5.34. The van der Waals surface area contributed by atoms with Crippen LogP contribution < -0.4 is 0 Å². The zero-order chi connectivity index (χ0) is 11.5.